The van der Waals surface area contributed by atoms with E-state index in [1.165, 1.54) is 0 Å². The Balaban J connectivity index is 2.18. The van der Waals surface area contributed by atoms with E-state index in [1.807, 2.05) is 0 Å². The Morgan fingerprint density at radius 1 is 1.38 bits per heavy atom. The fourth-order valence-electron chi connectivity index (χ4n) is 1.34. The number of halogens is 2. The number of hydrogen-bond donors (Lipinski definition) is 1. The topological polar surface area (TPSA) is 46.5 Å². The number of hydrogen-bond acceptors (Lipinski definition) is 2. The summed E-state index contributed by atoms with van der Waals surface area (Å²) in [5.41, 5.74) is -0.946. The van der Waals surface area contributed by atoms with Crippen molar-refractivity contribution in [1.82, 2.24) is 0 Å². The summed E-state index contributed by atoms with van der Waals surface area (Å²) in [5, 5.41) is 8.54. The van der Waals surface area contributed by atoms with Crippen LogP contribution in [0.5, 0.6) is 5.75 Å². The lowest BCUT2D eigenvalue weighted by Crippen LogP contribution is -2.06. The highest BCUT2D eigenvalue weighted by molar-refractivity contribution is 5.88. The number of ether oxygens (including phenoxy) is 1. The highest BCUT2D eigenvalue weighted by Crippen LogP contribution is 2.30. The first-order chi connectivity index (χ1) is 7.58. The van der Waals surface area contributed by atoms with Crippen molar-refractivity contribution < 1.29 is 23.4 Å². The lowest BCUT2D eigenvalue weighted by atomic mass is 10.2. The molecule has 1 aromatic carbocycles. The molecule has 0 aliphatic heterocycles. The molecular formula is C11H10F2O3. The molecule has 0 saturated heterocycles. The summed E-state index contributed by atoms with van der Waals surface area (Å²) < 4.78 is 31.6. The van der Waals surface area contributed by atoms with Crippen LogP contribution in [-0.4, -0.2) is 17.7 Å². The molecule has 16 heavy (non-hydrogen) atoms. The van der Waals surface area contributed by atoms with Crippen LogP contribution in [0.15, 0.2) is 12.1 Å². The average molecular weight is 228 g/mol. The fourth-order valence-corrected chi connectivity index (χ4v) is 1.34. The smallest absolute Gasteiger partial charge is 0.341 e. The van der Waals surface area contributed by atoms with Gasteiger partial charge in [0.1, 0.15) is 22.9 Å². The first-order valence-electron chi connectivity index (χ1n) is 4.93. The normalized spacial score (nSPS) is 14.9. The van der Waals surface area contributed by atoms with Crippen molar-refractivity contribution in [3.05, 3.63) is 29.3 Å². The van der Waals surface area contributed by atoms with Crippen molar-refractivity contribution in [2.75, 3.05) is 6.61 Å². The zero-order chi connectivity index (χ0) is 11.7. The maximum absolute atomic E-state index is 13.2. The van der Waals surface area contributed by atoms with E-state index in [1.54, 1.807) is 0 Å². The van der Waals surface area contributed by atoms with Crippen LogP contribution in [0, 0.1) is 17.6 Å². The van der Waals surface area contributed by atoms with E-state index >= 15 is 0 Å². The van der Waals surface area contributed by atoms with Crippen LogP contribution in [0.25, 0.3) is 0 Å². The standard InChI is InChI=1S/C11H10F2O3/c12-8-3-7(16-5-6-1-2-6)4-9(13)10(8)11(14)15/h3-4,6H,1-2,5H2,(H,14,15). The summed E-state index contributed by atoms with van der Waals surface area (Å²) in [6.45, 7) is 0.422. The highest BCUT2D eigenvalue weighted by Gasteiger charge is 2.23. The second kappa shape index (κ2) is 4.08. The van der Waals surface area contributed by atoms with Crippen molar-refractivity contribution in [2.45, 2.75) is 12.8 Å². The van der Waals surface area contributed by atoms with E-state index in [9.17, 15) is 13.6 Å². The molecule has 86 valence electrons. The minimum Gasteiger partial charge on any atom is -0.493 e. The van der Waals surface area contributed by atoms with E-state index in [4.69, 9.17) is 9.84 Å². The molecule has 1 aliphatic rings. The van der Waals surface area contributed by atoms with Crippen LogP contribution in [0.2, 0.25) is 0 Å². The van der Waals surface area contributed by atoms with Gasteiger partial charge in [0, 0.05) is 12.1 Å². The number of rotatable bonds is 4. The predicted molar refractivity (Wildman–Crippen MR) is 51.5 cm³/mol. The Morgan fingerprint density at radius 3 is 2.38 bits per heavy atom. The Kier molecular flexibility index (Phi) is 2.77. The average Bonchev–Trinajstić information content (AvgIpc) is 2.96. The second-order valence-corrected chi connectivity index (χ2v) is 3.82. The second-order valence-electron chi connectivity index (χ2n) is 3.82. The van der Waals surface area contributed by atoms with Crippen molar-refractivity contribution in [3.63, 3.8) is 0 Å². The lowest BCUT2D eigenvalue weighted by molar-refractivity contribution is 0.0686. The van der Waals surface area contributed by atoms with Crippen molar-refractivity contribution in [3.8, 4) is 5.75 Å². The summed E-state index contributed by atoms with van der Waals surface area (Å²) in [5.74, 6) is -3.35. The molecule has 0 amide bonds. The summed E-state index contributed by atoms with van der Waals surface area (Å²) in [6.07, 6.45) is 2.14. The molecule has 0 radical (unpaired) electrons. The summed E-state index contributed by atoms with van der Waals surface area (Å²) >= 11 is 0. The number of carboxylic acid groups (broad SMARTS) is 1. The Hall–Kier alpha value is -1.65. The van der Waals surface area contributed by atoms with Crippen molar-refractivity contribution in [1.29, 1.82) is 0 Å². The van der Waals surface area contributed by atoms with Gasteiger partial charge < -0.3 is 9.84 Å². The molecule has 0 bridgehead atoms. The van der Waals surface area contributed by atoms with E-state index < -0.39 is 23.2 Å². The minimum absolute atomic E-state index is 0.0342. The zero-order valence-corrected chi connectivity index (χ0v) is 8.37. The van der Waals surface area contributed by atoms with Gasteiger partial charge in [0.15, 0.2) is 0 Å². The Labute approximate surface area is 90.7 Å². The molecule has 0 atom stereocenters. The van der Waals surface area contributed by atoms with Crippen LogP contribution < -0.4 is 4.74 Å². The first-order valence-corrected chi connectivity index (χ1v) is 4.93. The molecule has 0 heterocycles. The molecule has 1 N–H and O–H groups in total. The van der Waals surface area contributed by atoms with Crippen LogP contribution in [0.3, 0.4) is 0 Å². The van der Waals surface area contributed by atoms with Crippen LogP contribution >= 0.6 is 0 Å². The number of benzene rings is 1. The van der Waals surface area contributed by atoms with Gasteiger partial charge in [-0.2, -0.15) is 0 Å². The Morgan fingerprint density at radius 2 is 1.94 bits per heavy atom. The molecule has 1 aliphatic carbocycles. The van der Waals surface area contributed by atoms with Crippen molar-refractivity contribution in [2.24, 2.45) is 5.92 Å². The molecule has 1 fully saturated rings. The third-order valence-electron chi connectivity index (χ3n) is 2.41. The largest absolute Gasteiger partial charge is 0.493 e. The third-order valence-corrected chi connectivity index (χ3v) is 2.41. The van der Waals surface area contributed by atoms with Gasteiger partial charge in [-0.1, -0.05) is 0 Å². The molecule has 0 spiro atoms. The summed E-state index contributed by atoms with van der Waals surface area (Å²) in [6, 6.07) is 1.80. The molecule has 0 aromatic heterocycles. The van der Waals surface area contributed by atoms with Gasteiger partial charge in [-0.05, 0) is 18.8 Å². The number of carboxylic acids is 1. The van der Waals surface area contributed by atoms with Crippen LogP contribution in [0.1, 0.15) is 23.2 Å². The highest BCUT2D eigenvalue weighted by atomic mass is 19.1. The van der Waals surface area contributed by atoms with Gasteiger partial charge in [0.25, 0.3) is 0 Å². The van der Waals surface area contributed by atoms with Gasteiger partial charge in [0.05, 0.1) is 6.61 Å². The van der Waals surface area contributed by atoms with Crippen molar-refractivity contribution >= 4 is 5.97 Å². The van der Waals surface area contributed by atoms with Gasteiger partial charge in [0.2, 0.25) is 0 Å². The van der Waals surface area contributed by atoms with Crippen LogP contribution in [0.4, 0.5) is 8.78 Å². The molecule has 0 unspecified atom stereocenters. The van der Waals surface area contributed by atoms with E-state index in [0.717, 1.165) is 25.0 Å². The maximum Gasteiger partial charge on any atom is 0.341 e. The van der Waals surface area contributed by atoms with E-state index in [2.05, 4.69) is 0 Å². The summed E-state index contributed by atoms with van der Waals surface area (Å²) in [4.78, 5) is 10.5. The van der Waals surface area contributed by atoms with Gasteiger partial charge in [-0.25, -0.2) is 13.6 Å². The molecule has 2 rings (SSSR count). The Bertz CT molecular complexity index is 404. The monoisotopic (exact) mass is 228 g/mol. The predicted octanol–water partition coefficient (Wildman–Crippen LogP) is 2.45. The molecule has 1 aromatic rings. The van der Waals surface area contributed by atoms with Crippen LogP contribution in [-0.2, 0) is 0 Å². The first kappa shape index (κ1) is 10.9. The quantitative estimate of drug-likeness (QED) is 0.860. The lowest BCUT2D eigenvalue weighted by Gasteiger charge is -2.07. The van der Waals surface area contributed by atoms with E-state index in [0.29, 0.717) is 12.5 Å². The SMILES string of the molecule is O=C(O)c1c(F)cc(OCC2CC2)cc1F. The minimum atomic E-state index is -1.62. The maximum atomic E-state index is 13.2. The van der Waals surface area contributed by atoms with Gasteiger partial charge >= 0.3 is 5.97 Å². The molecule has 5 heteroatoms. The summed E-state index contributed by atoms with van der Waals surface area (Å²) in [7, 11) is 0. The molecular weight excluding hydrogens is 218 g/mol. The van der Waals surface area contributed by atoms with Gasteiger partial charge in [-0.15, -0.1) is 0 Å². The van der Waals surface area contributed by atoms with Gasteiger partial charge in [-0.3, -0.25) is 0 Å². The zero-order valence-electron chi connectivity index (χ0n) is 8.37. The number of carbonyl (C=O) groups is 1. The fraction of sp³-hybridized carbons (Fsp3) is 0.364. The third kappa shape index (κ3) is 2.29. The van der Waals surface area contributed by atoms with E-state index in [-0.39, 0.29) is 5.75 Å². The molecule has 1 saturated carbocycles. The number of aromatic carboxylic acids is 1. The molecule has 3 nitrogen and oxygen atoms in total.